The molecule has 0 aliphatic rings. The van der Waals surface area contributed by atoms with Gasteiger partial charge >= 0.3 is 39.5 Å². The van der Waals surface area contributed by atoms with E-state index in [9.17, 15) is 43.2 Å². The fraction of sp³-hybridized carbons (Fsp3) is 0.945. The van der Waals surface area contributed by atoms with Crippen molar-refractivity contribution < 1.29 is 80.2 Å². The lowest BCUT2D eigenvalue weighted by molar-refractivity contribution is -0.161. The van der Waals surface area contributed by atoms with E-state index in [1.165, 1.54) is 173 Å². The van der Waals surface area contributed by atoms with Crippen LogP contribution in [-0.2, 0) is 65.4 Å². The van der Waals surface area contributed by atoms with Gasteiger partial charge in [0.15, 0.2) is 12.2 Å². The molecule has 19 heteroatoms. The van der Waals surface area contributed by atoms with E-state index in [1.807, 2.05) is 0 Å². The highest BCUT2D eigenvalue weighted by molar-refractivity contribution is 7.47. The van der Waals surface area contributed by atoms with Crippen molar-refractivity contribution >= 4 is 39.5 Å². The molecule has 0 saturated heterocycles. The third-order valence-corrected chi connectivity index (χ3v) is 19.1. The number of rotatable bonds is 71. The third kappa shape index (κ3) is 65.4. The summed E-state index contributed by atoms with van der Waals surface area (Å²) in [5.41, 5.74) is 0. The van der Waals surface area contributed by atoms with Gasteiger partial charge in [-0.15, -0.1) is 0 Å². The average molecular weight is 1350 g/mol. The van der Waals surface area contributed by atoms with Crippen LogP contribution in [0.25, 0.3) is 0 Å². The first-order chi connectivity index (χ1) is 44.3. The molecule has 0 rings (SSSR count). The summed E-state index contributed by atoms with van der Waals surface area (Å²) in [6.45, 7) is 11.8. The fourth-order valence-electron chi connectivity index (χ4n) is 11.0. The first-order valence-corrected chi connectivity index (χ1v) is 40.9. The highest BCUT2D eigenvalue weighted by Gasteiger charge is 2.30. The lowest BCUT2D eigenvalue weighted by atomic mass is 10.00. The highest BCUT2D eigenvalue weighted by atomic mass is 31.2. The number of hydrogen-bond acceptors (Lipinski definition) is 15. The van der Waals surface area contributed by atoms with Gasteiger partial charge in [-0.2, -0.15) is 0 Å². The zero-order valence-electron chi connectivity index (χ0n) is 60.0. The Morgan fingerprint density at radius 3 is 0.826 bits per heavy atom. The topological polar surface area (TPSA) is 237 Å². The number of ether oxygens (including phenoxy) is 4. The van der Waals surface area contributed by atoms with Crippen LogP contribution in [0.1, 0.15) is 370 Å². The van der Waals surface area contributed by atoms with Crippen molar-refractivity contribution in [3.05, 3.63) is 0 Å². The molecule has 0 saturated carbocycles. The van der Waals surface area contributed by atoms with Crippen LogP contribution in [-0.4, -0.2) is 96.7 Å². The van der Waals surface area contributed by atoms with Crippen molar-refractivity contribution in [2.24, 2.45) is 17.8 Å². The second-order valence-electron chi connectivity index (χ2n) is 27.5. The summed E-state index contributed by atoms with van der Waals surface area (Å²) in [6.07, 6.45) is 48.7. The lowest BCUT2D eigenvalue weighted by Crippen LogP contribution is -2.30. The summed E-state index contributed by atoms with van der Waals surface area (Å²) in [4.78, 5) is 72.6. The average Bonchev–Trinajstić information content (AvgIpc) is 2.02. The first kappa shape index (κ1) is 90.1. The number of carbonyl (C=O) groups is 4. The maximum atomic E-state index is 13.1. The minimum Gasteiger partial charge on any atom is -0.462 e. The first-order valence-electron chi connectivity index (χ1n) is 37.9. The second kappa shape index (κ2) is 63.8. The maximum Gasteiger partial charge on any atom is 0.472 e. The van der Waals surface area contributed by atoms with Gasteiger partial charge < -0.3 is 33.8 Å². The largest absolute Gasteiger partial charge is 0.472 e. The van der Waals surface area contributed by atoms with E-state index in [1.54, 1.807) is 0 Å². The Labute approximate surface area is 562 Å². The summed E-state index contributed by atoms with van der Waals surface area (Å²) in [5.74, 6) is 0.105. The van der Waals surface area contributed by atoms with Crippen molar-refractivity contribution in [1.29, 1.82) is 0 Å². The zero-order chi connectivity index (χ0) is 68.0. The maximum absolute atomic E-state index is 13.1. The van der Waals surface area contributed by atoms with Crippen LogP contribution < -0.4 is 0 Å². The highest BCUT2D eigenvalue weighted by Crippen LogP contribution is 2.45. The van der Waals surface area contributed by atoms with Crippen LogP contribution in [0.4, 0.5) is 0 Å². The molecule has 92 heavy (non-hydrogen) atoms. The van der Waals surface area contributed by atoms with E-state index in [4.69, 9.17) is 37.0 Å². The van der Waals surface area contributed by atoms with Gasteiger partial charge in [-0.1, -0.05) is 318 Å². The van der Waals surface area contributed by atoms with Gasteiger partial charge in [-0.25, -0.2) is 9.13 Å². The Balaban J connectivity index is 5.23. The minimum atomic E-state index is -4.96. The van der Waals surface area contributed by atoms with Crippen molar-refractivity contribution in [2.45, 2.75) is 388 Å². The molecule has 17 nitrogen and oxygen atoms in total. The number of phosphoric acid groups is 2. The number of carbonyl (C=O) groups excluding carboxylic acids is 4. The van der Waals surface area contributed by atoms with Crippen LogP contribution in [0.2, 0.25) is 0 Å². The molecule has 0 heterocycles. The number of hydrogen-bond donors (Lipinski definition) is 3. The van der Waals surface area contributed by atoms with E-state index >= 15 is 0 Å². The quantitative estimate of drug-likeness (QED) is 0.0222. The van der Waals surface area contributed by atoms with E-state index in [0.29, 0.717) is 31.6 Å². The minimum absolute atomic E-state index is 0.102. The Bertz CT molecular complexity index is 1800. The summed E-state index contributed by atoms with van der Waals surface area (Å²) < 4.78 is 68.4. The van der Waals surface area contributed by atoms with Gasteiger partial charge in [-0.3, -0.25) is 37.3 Å². The Kier molecular flexibility index (Phi) is 62.4. The molecule has 0 aliphatic heterocycles. The van der Waals surface area contributed by atoms with Crippen molar-refractivity contribution in [3.8, 4) is 0 Å². The van der Waals surface area contributed by atoms with Crippen molar-refractivity contribution in [1.82, 2.24) is 0 Å². The van der Waals surface area contributed by atoms with Crippen LogP contribution in [0, 0.1) is 17.8 Å². The zero-order valence-corrected chi connectivity index (χ0v) is 61.8. The molecular weight excluding hydrogens is 1210 g/mol. The van der Waals surface area contributed by atoms with Crippen LogP contribution in [0.5, 0.6) is 0 Å². The smallest absolute Gasteiger partial charge is 0.462 e. The number of aliphatic hydroxyl groups excluding tert-OH is 1. The van der Waals surface area contributed by atoms with Gasteiger partial charge in [0.05, 0.1) is 26.4 Å². The predicted molar refractivity (Wildman–Crippen MR) is 372 cm³/mol. The van der Waals surface area contributed by atoms with Crippen molar-refractivity contribution in [2.75, 3.05) is 39.6 Å². The Morgan fingerprint density at radius 1 is 0.315 bits per heavy atom. The number of aliphatic hydroxyl groups is 1. The van der Waals surface area contributed by atoms with E-state index in [0.717, 1.165) is 108 Å². The lowest BCUT2D eigenvalue weighted by Gasteiger charge is -2.21. The summed E-state index contributed by atoms with van der Waals surface area (Å²) in [6, 6.07) is 0. The van der Waals surface area contributed by atoms with Gasteiger partial charge in [-0.05, 0) is 43.4 Å². The molecule has 3 N–H and O–H groups in total. The Hall–Kier alpha value is -1.94. The molecule has 0 radical (unpaired) electrons. The second-order valence-corrected chi connectivity index (χ2v) is 30.4. The molecule has 0 aromatic rings. The normalized spacial score (nSPS) is 14.4. The molecular formula is C73H142O17P2. The van der Waals surface area contributed by atoms with Gasteiger partial charge in [0.25, 0.3) is 0 Å². The predicted octanol–water partition coefficient (Wildman–Crippen LogP) is 21.0. The molecule has 546 valence electrons. The van der Waals surface area contributed by atoms with E-state index < -0.39 is 97.5 Å². The number of phosphoric ester groups is 2. The summed E-state index contributed by atoms with van der Waals surface area (Å²) >= 11 is 0. The fourth-order valence-corrected chi connectivity index (χ4v) is 12.6. The van der Waals surface area contributed by atoms with Crippen LogP contribution in [0.3, 0.4) is 0 Å². The van der Waals surface area contributed by atoms with Crippen LogP contribution >= 0.6 is 15.6 Å². The SMILES string of the molecule is CCCCCCCCCCCCCCCCC(=O)OC[C@H](COP(=O)(O)OC[C@@H](O)COP(=O)(O)OC[C@@H](COC(=O)CCCCCCCCC(C)CC)OC(=O)CCCCCCCCCC(C)C)OC(=O)CCCCCCCCCCCCCCCCCC(C)C. The van der Waals surface area contributed by atoms with E-state index in [2.05, 4.69) is 48.5 Å². The Morgan fingerprint density at radius 2 is 0.554 bits per heavy atom. The molecule has 0 aromatic carbocycles. The van der Waals surface area contributed by atoms with Gasteiger partial charge in [0.2, 0.25) is 0 Å². The molecule has 0 bridgehead atoms. The van der Waals surface area contributed by atoms with Gasteiger partial charge in [0.1, 0.15) is 19.3 Å². The standard InChI is InChI=1S/C73H142O17P2/c1-8-10-11-12-13-14-15-16-21-24-27-32-40-47-54-70(75)83-60-68(89-72(77)56-49-42-33-28-25-22-19-17-18-20-23-26-30-37-44-51-64(3)4)62-87-91(79,80)85-58-67(74)59-86-92(81,82)88-63-69(90-73(78)57-50-43-34-29-31-38-45-52-65(5)6)61-84-71(76)55-48-41-36-35-39-46-53-66(7)9-2/h64-69,74H,8-63H2,1-7H3,(H,79,80)(H,81,82)/t66?,67-,68-,69-/m1/s1. The van der Waals surface area contributed by atoms with Crippen molar-refractivity contribution in [3.63, 3.8) is 0 Å². The molecule has 0 aromatic heterocycles. The molecule has 0 spiro atoms. The van der Waals surface area contributed by atoms with Gasteiger partial charge in [0, 0.05) is 25.7 Å². The van der Waals surface area contributed by atoms with E-state index in [-0.39, 0.29) is 25.7 Å². The summed E-state index contributed by atoms with van der Waals surface area (Å²) in [7, 11) is -9.91. The summed E-state index contributed by atoms with van der Waals surface area (Å²) in [5, 5.41) is 10.6. The monoisotopic (exact) mass is 1350 g/mol. The van der Waals surface area contributed by atoms with Crippen LogP contribution in [0.15, 0.2) is 0 Å². The molecule has 0 aliphatic carbocycles. The number of esters is 4. The number of unbranched alkanes of at least 4 members (excludes halogenated alkanes) is 38. The molecule has 3 unspecified atom stereocenters. The third-order valence-electron chi connectivity index (χ3n) is 17.2. The molecule has 0 fully saturated rings. The molecule has 0 amide bonds. The molecule has 6 atom stereocenters.